The number of hydrogen-bond donors (Lipinski definition) is 2. The van der Waals surface area contributed by atoms with E-state index < -0.39 is 26.9 Å². The molecule has 0 saturated heterocycles. The van der Waals surface area contributed by atoms with Gasteiger partial charge in [0.2, 0.25) is 0 Å². The first-order valence-electron chi connectivity index (χ1n) is 5.48. The fourth-order valence-corrected chi connectivity index (χ4v) is 1.77. The third-order valence-electron chi connectivity index (χ3n) is 2.77. The zero-order chi connectivity index (χ0) is 14.9. The van der Waals surface area contributed by atoms with E-state index in [2.05, 4.69) is 0 Å². The molecule has 9 heteroatoms. The molecule has 2 rings (SSSR count). The number of nitro groups is 2. The second-order valence-corrected chi connectivity index (χ2v) is 4.06. The lowest BCUT2D eigenvalue weighted by Gasteiger charge is -2.05. The number of halogens is 1. The SMILES string of the molecule is Cl.Nc1ccc(-c2cc([N+](=O)[O-])c(N)c([N+](=O)[O-])c2)cc1. The molecule has 0 fully saturated rings. The monoisotopic (exact) mass is 310 g/mol. The summed E-state index contributed by atoms with van der Waals surface area (Å²) in [7, 11) is 0. The molecule has 110 valence electrons. The van der Waals surface area contributed by atoms with Crippen molar-refractivity contribution in [2.45, 2.75) is 0 Å². The average molecular weight is 311 g/mol. The molecule has 2 aromatic carbocycles. The van der Waals surface area contributed by atoms with Crippen LogP contribution < -0.4 is 11.5 Å². The third-order valence-corrected chi connectivity index (χ3v) is 2.77. The van der Waals surface area contributed by atoms with Gasteiger partial charge in [0, 0.05) is 17.8 Å². The van der Waals surface area contributed by atoms with Crippen LogP contribution >= 0.6 is 12.4 Å². The molecule has 0 aliphatic carbocycles. The molecule has 21 heavy (non-hydrogen) atoms. The lowest BCUT2D eigenvalue weighted by Crippen LogP contribution is -2.01. The molecule has 0 unspecified atom stereocenters. The summed E-state index contributed by atoms with van der Waals surface area (Å²) in [5.74, 6) is 0. The van der Waals surface area contributed by atoms with Gasteiger partial charge < -0.3 is 11.5 Å². The predicted molar refractivity (Wildman–Crippen MR) is 81.3 cm³/mol. The van der Waals surface area contributed by atoms with Gasteiger partial charge in [-0.15, -0.1) is 12.4 Å². The smallest absolute Gasteiger partial charge is 0.299 e. The number of nitrogen functional groups attached to an aromatic ring is 2. The van der Waals surface area contributed by atoms with Crippen LogP contribution in [-0.2, 0) is 0 Å². The quantitative estimate of drug-likeness (QED) is 0.507. The van der Waals surface area contributed by atoms with Gasteiger partial charge >= 0.3 is 0 Å². The number of nitrogens with zero attached hydrogens (tertiary/aromatic N) is 2. The zero-order valence-electron chi connectivity index (χ0n) is 10.6. The number of rotatable bonds is 3. The maximum absolute atomic E-state index is 10.9. The Labute approximate surface area is 125 Å². The van der Waals surface area contributed by atoms with Gasteiger partial charge in [0.25, 0.3) is 11.4 Å². The van der Waals surface area contributed by atoms with E-state index in [-0.39, 0.29) is 12.4 Å². The van der Waals surface area contributed by atoms with E-state index in [1.54, 1.807) is 24.3 Å². The standard InChI is InChI=1S/C12H10N4O4.ClH/c13-9-3-1-7(2-4-9)8-5-10(15(17)18)12(14)11(6-8)16(19)20;/h1-6H,13-14H2;1H. The summed E-state index contributed by atoms with van der Waals surface area (Å²) in [4.78, 5) is 20.3. The van der Waals surface area contributed by atoms with Gasteiger partial charge in [0.1, 0.15) is 0 Å². The third kappa shape index (κ3) is 3.18. The molecule has 4 N–H and O–H groups in total. The lowest BCUT2D eigenvalue weighted by molar-refractivity contribution is -0.392. The molecular weight excluding hydrogens is 300 g/mol. The Kier molecular flexibility index (Phi) is 4.67. The number of benzene rings is 2. The maximum Gasteiger partial charge on any atom is 0.299 e. The van der Waals surface area contributed by atoms with E-state index in [0.29, 0.717) is 16.8 Å². The van der Waals surface area contributed by atoms with Crippen molar-refractivity contribution >= 4 is 35.2 Å². The predicted octanol–water partition coefficient (Wildman–Crippen LogP) is 2.76. The van der Waals surface area contributed by atoms with Crippen molar-refractivity contribution in [3.8, 4) is 11.1 Å². The molecule has 0 aliphatic rings. The van der Waals surface area contributed by atoms with Crippen LogP contribution in [0.4, 0.5) is 22.7 Å². The summed E-state index contributed by atoms with van der Waals surface area (Å²) >= 11 is 0. The highest BCUT2D eigenvalue weighted by Crippen LogP contribution is 2.36. The normalized spacial score (nSPS) is 9.71. The first-order valence-corrected chi connectivity index (χ1v) is 5.48. The lowest BCUT2D eigenvalue weighted by atomic mass is 10.0. The minimum Gasteiger partial charge on any atom is -0.399 e. The maximum atomic E-state index is 10.9. The van der Waals surface area contributed by atoms with E-state index in [1.165, 1.54) is 12.1 Å². The summed E-state index contributed by atoms with van der Waals surface area (Å²) in [6.45, 7) is 0. The highest BCUT2D eigenvalue weighted by Gasteiger charge is 2.24. The largest absolute Gasteiger partial charge is 0.399 e. The van der Waals surface area contributed by atoms with Crippen molar-refractivity contribution < 1.29 is 9.85 Å². The van der Waals surface area contributed by atoms with Crippen LogP contribution in [0.5, 0.6) is 0 Å². The fourth-order valence-electron chi connectivity index (χ4n) is 1.77. The van der Waals surface area contributed by atoms with Gasteiger partial charge in [-0.1, -0.05) is 12.1 Å². The molecule has 0 aliphatic heterocycles. The van der Waals surface area contributed by atoms with E-state index in [4.69, 9.17) is 11.5 Å². The van der Waals surface area contributed by atoms with Crippen molar-refractivity contribution in [1.82, 2.24) is 0 Å². The minimum atomic E-state index is -0.747. The Balaban J connectivity index is 0.00000220. The second kappa shape index (κ2) is 6.06. The summed E-state index contributed by atoms with van der Waals surface area (Å²) in [6.07, 6.45) is 0. The van der Waals surface area contributed by atoms with Crippen molar-refractivity contribution in [2.75, 3.05) is 11.5 Å². The fraction of sp³-hybridized carbons (Fsp3) is 0. The summed E-state index contributed by atoms with van der Waals surface area (Å²) in [5.41, 5.74) is 11.0. The number of nitro benzene ring substituents is 2. The molecule has 0 bridgehead atoms. The Hall–Kier alpha value is -2.87. The van der Waals surface area contributed by atoms with Crippen LogP contribution in [0, 0.1) is 20.2 Å². The van der Waals surface area contributed by atoms with Crippen LogP contribution in [0.1, 0.15) is 0 Å². The average Bonchev–Trinajstić information content (AvgIpc) is 2.39. The molecular formula is C12H11ClN4O4. The highest BCUT2D eigenvalue weighted by molar-refractivity contribution is 5.85. The first kappa shape index (κ1) is 16.2. The summed E-state index contributed by atoms with van der Waals surface area (Å²) in [6, 6.07) is 8.84. The molecule has 0 radical (unpaired) electrons. The van der Waals surface area contributed by atoms with Crippen LogP contribution in [0.3, 0.4) is 0 Å². The van der Waals surface area contributed by atoms with E-state index in [9.17, 15) is 20.2 Å². The molecule has 0 atom stereocenters. The van der Waals surface area contributed by atoms with Gasteiger partial charge in [0.05, 0.1) is 9.85 Å². The van der Waals surface area contributed by atoms with Gasteiger partial charge in [-0.25, -0.2) is 0 Å². The summed E-state index contributed by atoms with van der Waals surface area (Å²) < 4.78 is 0. The van der Waals surface area contributed by atoms with Crippen LogP contribution in [-0.4, -0.2) is 9.85 Å². The molecule has 0 spiro atoms. The van der Waals surface area contributed by atoms with Gasteiger partial charge in [-0.2, -0.15) is 0 Å². The molecule has 0 saturated carbocycles. The van der Waals surface area contributed by atoms with E-state index >= 15 is 0 Å². The molecule has 0 amide bonds. The second-order valence-electron chi connectivity index (χ2n) is 4.06. The van der Waals surface area contributed by atoms with Crippen molar-refractivity contribution in [3.05, 3.63) is 56.6 Å². The highest BCUT2D eigenvalue weighted by atomic mass is 35.5. The van der Waals surface area contributed by atoms with E-state index in [1.807, 2.05) is 0 Å². The number of anilines is 2. The summed E-state index contributed by atoms with van der Waals surface area (Å²) in [5, 5.41) is 21.8. The Morgan fingerprint density at radius 3 is 1.62 bits per heavy atom. The topological polar surface area (TPSA) is 138 Å². The Bertz CT molecular complexity index is 668. The zero-order valence-corrected chi connectivity index (χ0v) is 11.4. The van der Waals surface area contributed by atoms with Crippen LogP contribution in [0.2, 0.25) is 0 Å². The molecule has 0 aromatic heterocycles. The van der Waals surface area contributed by atoms with Crippen molar-refractivity contribution in [1.29, 1.82) is 0 Å². The molecule has 0 heterocycles. The molecule has 8 nitrogen and oxygen atoms in total. The van der Waals surface area contributed by atoms with Crippen molar-refractivity contribution in [3.63, 3.8) is 0 Å². The van der Waals surface area contributed by atoms with Gasteiger partial charge in [-0.3, -0.25) is 20.2 Å². The van der Waals surface area contributed by atoms with Crippen LogP contribution in [0.25, 0.3) is 11.1 Å². The van der Waals surface area contributed by atoms with Gasteiger partial charge in [0.15, 0.2) is 5.69 Å². The van der Waals surface area contributed by atoms with Crippen LogP contribution in [0.15, 0.2) is 36.4 Å². The number of nitrogens with two attached hydrogens (primary N) is 2. The van der Waals surface area contributed by atoms with Crippen molar-refractivity contribution in [2.24, 2.45) is 0 Å². The van der Waals surface area contributed by atoms with E-state index in [0.717, 1.165) is 0 Å². The molecule has 2 aromatic rings. The Morgan fingerprint density at radius 1 is 0.810 bits per heavy atom. The number of hydrogen-bond acceptors (Lipinski definition) is 6. The minimum absolute atomic E-state index is 0. The Morgan fingerprint density at radius 2 is 1.24 bits per heavy atom. The van der Waals surface area contributed by atoms with Gasteiger partial charge in [-0.05, 0) is 23.3 Å². The first-order chi connectivity index (χ1) is 9.40.